The molecular weight excluding hydrogens is 410 g/mol. The molecular formula is C20H22ClF4N3O. The second kappa shape index (κ2) is 9.45. The van der Waals surface area contributed by atoms with Crippen molar-refractivity contribution in [1.29, 1.82) is 0 Å². The molecule has 9 heteroatoms. The van der Waals surface area contributed by atoms with Crippen LogP contribution in [0.4, 0.5) is 28.9 Å². The van der Waals surface area contributed by atoms with Gasteiger partial charge in [-0.1, -0.05) is 6.07 Å². The molecule has 1 heterocycles. The monoisotopic (exact) mass is 431 g/mol. The van der Waals surface area contributed by atoms with Crippen molar-refractivity contribution in [3.05, 3.63) is 59.4 Å². The molecule has 0 unspecified atom stereocenters. The molecule has 2 N–H and O–H groups in total. The minimum absolute atomic E-state index is 0. The number of carbonyl (C=O) groups excluding carboxylic acids is 1. The summed E-state index contributed by atoms with van der Waals surface area (Å²) in [5.41, 5.74) is -0.781. The summed E-state index contributed by atoms with van der Waals surface area (Å²) >= 11 is 0. The molecule has 4 nitrogen and oxygen atoms in total. The predicted molar refractivity (Wildman–Crippen MR) is 107 cm³/mol. The number of anilines is 2. The zero-order chi connectivity index (χ0) is 20.3. The zero-order valence-corrected chi connectivity index (χ0v) is 16.5. The van der Waals surface area contributed by atoms with Gasteiger partial charge in [0.15, 0.2) is 0 Å². The van der Waals surface area contributed by atoms with Crippen molar-refractivity contribution in [3.8, 4) is 0 Å². The van der Waals surface area contributed by atoms with Crippen molar-refractivity contribution in [2.45, 2.75) is 25.1 Å². The van der Waals surface area contributed by atoms with Crippen LogP contribution >= 0.6 is 12.4 Å². The van der Waals surface area contributed by atoms with Gasteiger partial charge in [-0.15, -0.1) is 12.4 Å². The highest BCUT2D eigenvalue weighted by atomic mass is 35.5. The Hall–Kier alpha value is -2.32. The minimum atomic E-state index is -4.83. The minimum Gasteiger partial charge on any atom is -0.382 e. The first-order valence-corrected chi connectivity index (χ1v) is 8.95. The first kappa shape index (κ1) is 23.0. The molecule has 2 aromatic rings. The van der Waals surface area contributed by atoms with Gasteiger partial charge in [0.1, 0.15) is 5.82 Å². The normalized spacial score (nSPS) is 15.5. The number of hydrogen-bond acceptors (Lipinski definition) is 3. The lowest BCUT2D eigenvalue weighted by atomic mass is 10.0. The van der Waals surface area contributed by atoms with Crippen LogP contribution in [0.2, 0.25) is 0 Å². The van der Waals surface area contributed by atoms with Gasteiger partial charge in [-0.05, 0) is 69.4 Å². The van der Waals surface area contributed by atoms with E-state index in [0.29, 0.717) is 17.8 Å². The highest BCUT2D eigenvalue weighted by molar-refractivity contribution is 6.05. The van der Waals surface area contributed by atoms with Gasteiger partial charge in [0.2, 0.25) is 0 Å². The number of halogens is 5. The van der Waals surface area contributed by atoms with Crippen LogP contribution in [0.25, 0.3) is 0 Å². The Morgan fingerprint density at radius 2 is 1.72 bits per heavy atom. The number of carbonyl (C=O) groups is 1. The van der Waals surface area contributed by atoms with E-state index in [1.165, 1.54) is 0 Å². The average Bonchev–Trinajstić information content (AvgIpc) is 2.63. The first-order valence-electron chi connectivity index (χ1n) is 8.95. The smallest absolute Gasteiger partial charge is 0.382 e. The van der Waals surface area contributed by atoms with Crippen molar-refractivity contribution in [2.24, 2.45) is 0 Å². The maximum atomic E-state index is 13.2. The standard InChI is InChI=1S/C20H21F4N3O.ClH/c1-27-9-7-14(8-10-27)25-15-3-2-4-16(12-15)26-19(28)17-6-5-13(21)11-18(17)20(22,23)24;/h2-6,11-12,14,25H,7-10H2,1H3,(H,26,28);1H. The van der Waals surface area contributed by atoms with Gasteiger partial charge >= 0.3 is 6.18 Å². The fourth-order valence-electron chi connectivity index (χ4n) is 3.22. The Bertz CT molecular complexity index is 852. The summed E-state index contributed by atoms with van der Waals surface area (Å²) in [6.45, 7) is 1.97. The zero-order valence-electron chi connectivity index (χ0n) is 15.7. The van der Waals surface area contributed by atoms with Crippen LogP contribution in [-0.4, -0.2) is 37.0 Å². The van der Waals surface area contributed by atoms with E-state index in [4.69, 9.17) is 0 Å². The van der Waals surface area contributed by atoms with Crippen LogP contribution < -0.4 is 10.6 Å². The molecule has 0 bridgehead atoms. The number of amides is 1. The fourth-order valence-corrected chi connectivity index (χ4v) is 3.22. The molecule has 0 aromatic heterocycles. The van der Waals surface area contributed by atoms with Crippen molar-refractivity contribution >= 4 is 29.7 Å². The third kappa shape index (κ3) is 6.08. The van der Waals surface area contributed by atoms with E-state index >= 15 is 0 Å². The highest BCUT2D eigenvalue weighted by Gasteiger charge is 2.35. The lowest BCUT2D eigenvalue weighted by Crippen LogP contribution is -2.36. The van der Waals surface area contributed by atoms with Crippen LogP contribution in [0.1, 0.15) is 28.8 Å². The summed E-state index contributed by atoms with van der Waals surface area (Å²) in [6, 6.07) is 9.12. The van der Waals surface area contributed by atoms with Crippen LogP contribution in [0, 0.1) is 5.82 Å². The van der Waals surface area contributed by atoms with Gasteiger partial charge < -0.3 is 15.5 Å². The summed E-state index contributed by atoms with van der Waals surface area (Å²) in [6.07, 6.45) is -2.86. The Labute approximate surface area is 172 Å². The van der Waals surface area contributed by atoms with E-state index < -0.39 is 29.0 Å². The van der Waals surface area contributed by atoms with Crippen LogP contribution in [0.15, 0.2) is 42.5 Å². The number of alkyl halides is 3. The molecule has 0 spiro atoms. The number of likely N-dealkylation sites (tertiary alicyclic amines) is 1. The Balaban J connectivity index is 0.00000300. The van der Waals surface area contributed by atoms with Crippen molar-refractivity contribution in [1.82, 2.24) is 4.90 Å². The molecule has 0 aliphatic carbocycles. The summed E-state index contributed by atoms with van der Waals surface area (Å²) in [5.74, 6) is -1.99. The number of piperidine rings is 1. The largest absolute Gasteiger partial charge is 0.417 e. The van der Waals surface area contributed by atoms with Gasteiger partial charge in [0, 0.05) is 17.4 Å². The first-order chi connectivity index (χ1) is 13.2. The number of nitrogens with one attached hydrogen (secondary N) is 2. The topological polar surface area (TPSA) is 44.4 Å². The quantitative estimate of drug-likeness (QED) is 0.668. The molecule has 3 rings (SSSR count). The van der Waals surface area contributed by atoms with Gasteiger partial charge in [0.05, 0.1) is 11.1 Å². The van der Waals surface area contributed by atoms with E-state index in [-0.39, 0.29) is 12.4 Å². The Morgan fingerprint density at radius 1 is 1.07 bits per heavy atom. The summed E-state index contributed by atoms with van der Waals surface area (Å²) in [4.78, 5) is 14.6. The number of rotatable bonds is 4. The van der Waals surface area contributed by atoms with Crippen LogP contribution in [0.3, 0.4) is 0 Å². The molecule has 1 aliphatic heterocycles. The van der Waals surface area contributed by atoms with Crippen molar-refractivity contribution in [3.63, 3.8) is 0 Å². The third-order valence-electron chi connectivity index (χ3n) is 4.74. The molecule has 1 fully saturated rings. The van der Waals surface area contributed by atoms with E-state index in [9.17, 15) is 22.4 Å². The van der Waals surface area contributed by atoms with E-state index in [0.717, 1.165) is 43.8 Å². The third-order valence-corrected chi connectivity index (χ3v) is 4.74. The maximum absolute atomic E-state index is 13.2. The van der Waals surface area contributed by atoms with Gasteiger partial charge in [-0.2, -0.15) is 13.2 Å². The Morgan fingerprint density at radius 3 is 2.38 bits per heavy atom. The highest BCUT2D eigenvalue weighted by Crippen LogP contribution is 2.33. The van der Waals surface area contributed by atoms with Gasteiger partial charge in [0.25, 0.3) is 5.91 Å². The van der Waals surface area contributed by atoms with Crippen molar-refractivity contribution in [2.75, 3.05) is 30.8 Å². The summed E-state index contributed by atoms with van der Waals surface area (Å²) in [5, 5.41) is 5.86. The van der Waals surface area contributed by atoms with E-state index in [2.05, 4.69) is 22.6 Å². The second-order valence-electron chi connectivity index (χ2n) is 6.94. The van der Waals surface area contributed by atoms with Crippen molar-refractivity contribution < 1.29 is 22.4 Å². The molecule has 1 amide bonds. The molecule has 2 aromatic carbocycles. The number of nitrogens with zero attached hydrogens (tertiary/aromatic N) is 1. The molecule has 158 valence electrons. The predicted octanol–water partition coefficient (Wildman–Crippen LogP) is 5.02. The molecule has 1 saturated heterocycles. The Kier molecular flexibility index (Phi) is 7.48. The summed E-state index contributed by atoms with van der Waals surface area (Å²) in [7, 11) is 2.07. The molecule has 0 saturated carbocycles. The maximum Gasteiger partial charge on any atom is 0.417 e. The SMILES string of the molecule is CN1CCC(Nc2cccc(NC(=O)c3ccc(F)cc3C(F)(F)F)c2)CC1.Cl. The lowest BCUT2D eigenvalue weighted by Gasteiger charge is -2.30. The molecule has 29 heavy (non-hydrogen) atoms. The lowest BCUT2D eigenvalue weighted by molar-refractivity contribution is -0.138. The number of hydrogen-bond donors (Lipinski definition) is 2. The summed E-state index contributed by atoms with van der Waals surface area (Å²) < 4.78 is 52.6. The average molecular weight is 432 g/mol. The van der Waals surface area contributed by atoms with Gasteiger partial charge in [-0.25, -0.2) is 4.39 Å². The molecule has 1 aliphatic rings. The van der Waals surface area contributed by atoms with E-state index in [1.807, 2.05) is 6.07 Å². The molecule has 0 atom stereocenters. The number of benzene rings is 2. The van der Waals surface area contributed by atoms with E-state index in [1.54, 1.807) is 18.2 Å². The van der Waals surface area contributed by atoms with Gasteiger partial charge in [-0.3, -0.25) is 4.79 Å². The fraction of sp³-hybridized carbons (Fsp3) is 0.350. The van der Waals surface area contributed by atoms with Crippen LogP contribution in [-0.2, 0) is 6.18 Å². The molecule has 0 radical (unpaired) electrons. The van der Waals surface area contributed by atoms with Crippen LogP contribution in [0.5, 0.6) is 0 Å². The second-order valence-corrected chi connectivity index (χ2v) is 6.94.